The van der Waals surface area contributed by atoms with E-state index in [1.807, 2.05) is 24.3 Å². The van der Waals surface area contributed by atoms with Gasteiger partial charge < -0.3 is 5.73 Å². The van der Waals surface area contributed by atoms with Crippen molar-refractivity contribution >= 4 is 28.0 Å². The van der Waals surface area contributed by atoms with Gasteiger partial charge in [0.15, 0.2) is 11.6 Å². The van der Waals surface area contributed by atoms with E-state index in [0.717, 1.165) is 10.8 Å². The highest BCUT2D eigenvalue weighted by Gasteiger charge is 2.31. The number of fused-ring (bicyclic) bond motifs is 3. The zero-order valence-corrected chi connectivity index (χ0v) is 11.1. The average molecular weight is 273 g/mol. The molecule has 1 aliphatic rings. The van der Waals surface area contributed by atoms with E-state index in [9.17, 15) is 9.59 Å². The van der Waals surface area contributed by atoms with Crippen LogP contribution < -0.4 is 5.73 Å². The fraction of sp³-hybridized carbons (Fsp3) is 0. The van der Waals surface area contributed by atoms with E-state index in [4.69, 9.17) is 5.73 Å². The Morgan fingerprint density at radius 1 is 0.714 bits per heavy atom. The van der Waals surface area contributed by atoms with Gasteiger partial charge in [-0.3, -0.25) is 9.59 Å². The van der Waals surface area contributed by atoms with Crippen molar-refractivity contribution in [1.82, 2.24) is 0 Å². The number of carbonyl (C=O) groups is 2. The van der Waals surface area contributed by atoms with Crippen molar-refractivity contribution in [2.45, 2.75) is 0 Å². The van der Waals surface area contributed by atoms with Crippen LogP contribution in [0.4, 0.5) is 5.69 Å². The van der Waals surface area contributed by atoms with Crippen molar-refractivity contribution in [2.75, 3.05) is 5.73 Å². The molecule has 0 spiro atoms. The van der Waals surface area contributed by atoms with Crippen LogP contribution in [0.15, 0.2) is 54.6 Å². The van der Waals surface area contributed by atoms with Gasteiger partial charge in [-0.1, -0.05) is 48.5 Å². The predicted molar refractivity (Wildman–Crippen MR) is 81.7 cm³/mol. The Morgan fingerprint density at radius 2 is 1.33 bits per heavy atom. The molecule has 0 unspecified atom stereocenters. The SMILES string of the molecule is Nc1c2c(cc3ccccc13)C(=O)c1ccccc1C2=O. The molecular weight excluding hydrogens is 262 g/mol. The van der Waals surface area contributed by atoms with Crippen LogP contribution in [0.3, 0.4) is 0 Å². The number of carbonyl (C=O) groups excluding carboxylic acids is 2. The first-order valence-electron chi connectivity index (χ1n) is 6.68. The second-order valence-electron chi connectivity index (χ2n) is 5.14. The zero-order chi connectivity index (χ0) is 14.6. The van der Waals surface area contributed by atoms with Crippen molar-refractivity contribution in [3.05, 3.63) is 76.9 Å². The molecule has 0 amide bonds. The maximum absolute atomic E-state index is 12.7. The van der Waals surface area contributed by atoms with Crippen molar-refractivity contribution in [2.24, 2.45) is 0 Å². The summed E-state index contributed by atoms with van der Waals surface area (Å²) >= 11 is 0. The summed E-state index contributed by atoms with van der Waals surface area (Å²) in [7, 11) is 0. The molecular formula is C18H11NO2. The Hall–Kier alpha value is -2.94. The quantitative estimate of drug-likeness (QED) is 0.500. The number of benzene rings is 3. The number of nitrogens with two attached hydrogens (primary N) is 1. The van der Waals surface area contributed by atoms with Crippen LogP contribution in [0.2, 0.25) is 0 Å². The largest absolute Gasteiger partial charge is 0.398 e. The van der Waals surface area contributed by atoms with Gasteiger partial charge in [0.05, 0.1) is 11.3 Å². The topological polar surface area (TPSA) is 60.2 Å². The molecule has 3 nitrogen and oxygen atoms in total. The lowest BCUT2D eigenvalue weighted by atomic mass is 9.82. The zero-order valence-electron chi connectivity index (χ0n) is 11.1. The van der Waals surface area contributed by atoms with Gasteiger partial charge in [0, 0.05) is 22.1 Å². The van der Waals surface area contributed by atoms with E-state index >= 15 is 0 Å². The molecule has 0 bridgehead atoms. The second kappa shape index (κ2) is 4.03. The number of hydrogen-bond donors (Lipinski definition) is 1. The Labute approximate surface area is 121 Å². The summed E-state index contributed by atoms with van der Waals surface area (Å²) in [5.74, 6) is -0.318. The van der Waals surface area contributed by atoms with Crippen LogP contribution in [0.1, 0.15) is 31.8 Å². The first kappa shape index (κ1) is 11.9. The molecule has 0 radical (unpaired) electrons. The molecule has 0 fully saturated rings. The van der Waals surface area contributed by atoms with Gasteiger partial charge in [0.25, 0.3) is 0 Å². The monoisotopic (exact) mass is 273 g/mol. The third kappa shape index (κ3) is 1.48. The minimum absolute atomic E-state index is 0.141. The second-order valence-corrected chi connectivity index (χ2v) is 5.14. The minimum atomic E-state index is -0.177. The van der Waals surface area contributed by atoms with Crippen molar-refractivity contribution in [1.29, 1.82) is 0 Å². The predicted octanol–water partition coefficient (Wildman–Crippen LogP) is 3.20. The molecule has 0 saturated heterocycles. The van der Waals surface area contributed by atoms with Crippen LogP contribution in [-0.2, 0) is 0 Å². The number of hydrogen-bond acceptors (Lipinski definition) is 3. The fourth-order valence-corrected chi connectivity index (χ4v) is 2.96. The van der Waals surface area contributed by atoms with E-state index < -0.39 is 0 Å². The number of rotatable bonds is 0. The Morgan fingerprint density at radius 3 is 2.10 bits per heavy atom. The van der Waals surface area contributed by atoms with Gasteiger partial charge in [-0.25, -0.2) is 0 Å². The molecule has 2 N–H and O–H groups in total. The third-order valence-corrected chi connectivity index (χ3v) is 3.98. The molecule has 0 atom stereocenters. The highest BCUT2D eigenvalue weighted by atomic mass is 16.1. The average Bonchev–Trinajstić information content (AvgIpc) is 2.52. The molecule has 1 aliphatic carbocycles. The Balaban J connectivity index is 2.14. The van der Waals surface area contributed by atoms with E-state index in [1.54, 1.807) is 30.3 Å². The van der Waals surface area contributed by atoms with Crippen molar-refractivity contribution in [3.8, 4) is 0 Å². The molecule has 21 heavy (non-hydrogen) atoms. The molecule has 0 aromatic heterocycles. The van der Waals surface area contributed by atoms with Gasteiger partial charge in [-0.15, -0.1) is 0 Å². The van der Waals surface area contributed by atoms with Gasteiger partial charge in [-0.2, -0.15) is 0 Å². The maximum atomic E-state index is 12.7. The van der Waals surface area contributed by atoms with Gasteiger partial charge in [-0.05, 0) is 11.5 Å². The van der Waals surface area contributed by atoms with E-state index in [1.165, 1.54) is 0 Å². The number of anilines is 1. The normalized spacial score (nSPS) is 13.1. The molecule has 100 valence electrons. The molecule has 0 aliphatic heterocycles. The number of nitrogen functional groups attached to an aromatic ring is 1. The number of ketones is 2. The summed E-state index contributed by atoms with van der Waals surface area (Å²) in [5.41, 5.74) is 8.17. The lowest BCUT2D eigenvalue weighted by molar-refractivity contribution is 0.0980. The summed E-state index contributed by atoms with van der Waals surface area (Å²) in [5, 5.41) is 1.67. The molecule has 3 aromatic rings. The third-order valence-electron chi connectivity index (χ3n) is 3.98. The van der Waals surface area contributed by atoms with E-state index in [-0.39, 0.29) is 11.6 Å². The smallest absolute Gasteiger partial charge is 0.196 e. The van der Waals surface area contributed by atoms with Crippen LogP contribution in [0, 0.1) is 0 Å². The van der Waals surface area contributed by atoms with Crippen LogP contribution in [-0.4, -0.2) is 11.6 Å². The summed E-state index contributed by atoms with van der Waals surface area (Å²) in [6, 6.07) is 16.2. The van der Waals surface area contributed by atoms with Crippen LogP contribution in [0.25, 0.3) is 10.8 Å². The first-order chi connectivity index (χ1) is 10.2. The van der Waals surface area contributed by atoms with Gasteiger partial charge >= 0.3 is 0 Å². The standard InChI is InChI=1S/C18H11NO2/c19-16-11-6-2-1-5-10(11)9-14-15(16)18(21)13-8-4-3-7-12(13)17(14)20/h1-9H,19H2. The summed E-state index contributed by atoms with van der Waals surface area (Å²) in [4.78, 5) is 25.3. The minimum Gasteiger partial charge on any atom is -0.398 e. The van der Waals surface area contributed by atoms with Gasteiger partial charge in [0.2, 0.25) is 0 Å². The summed E-state index contributed by atoms with van der Waals surface area (Å²) in [6.07, 6.45) is 0. The fourth-order valence-electron chi connectivity index (χ4n) is 2.96. The molecule has 4 rings (SSSR count). The van der Waals surface area contributed by atoms with Crippen molar-refractivity contribution in [3.63, 3.8) is 0 Å². The Kier molecular flexibility index (Phi) is 2.27. The maximum Gasteiger partial charge on any atom is 0.196 e. The summed E-state index contributed by atoms with van der Waals surface area (Å²) in [6.45, 7) is 0. The lowest BCUT2D eigenvalue weighted by Gasteiger charge is -2.20. The highest BCUT2D eigenvalue weighted by Crippen LogP contribution is 2.35. The highest BCUT2D eigenvalue weighted by molar-refractivity contribution is 6.32. The van der Waals surface area contributed by atoms with Crippen LogP contribution in [0.5, 0.6) is 0 Å². The molecule has 0 heterocycles. The lowest BCUT2D eigenvalue weighted by Crippen LogP contribution is -2.22. The molecule has 3 heteroatoms. The summed E-state index contributed by atoms with van der Waals surface area (Å²) < 4.78 is 0. The molecule has 3 aromatic carbocycles. The van der Waals surface area contributed by atoms with Crippen molar-refractivity contribution < 1.29 is 9.59 Å². The first-order valence-corrected chi connectivity index (χ1v) is 6.68. The van der Waals surface area contributed by atoms with Crippen LogP contribution >= 0.6 is 0 Å². The van der Waals surface area contributed by atoms with Gasteiger partial charge in [0.1, 0.15) is 0 Å². The van der Waals surface area contributed by atoms with E-state index in [0.29, 0.717) is 27.9 Å². The Bertz CT molecular complexity index is 941. The van der Waals surface area contributed by atoms with E-state index in [2.05, 4.69) is 0 Å². The molecule has 0 saturated carbocycles.